The first-order valence-corrected chi connectivity index (χ1v) is 5.42. The van der Waals surface area contributed by atoms with Crippen molar-refractivity contribution in [3.05, 3.63) is 12.7 Å². The van der Waals surface area contributed by atoms with Crippen LogP contribution in [0, 0.1) is 34.5 Å². The number of fused-ring (bicyclic) bond motifs is 1. The number of nitriles is 1. The molecule has 3 nitrogen and oxygen atoms in total. The van der Waals surface area contributed by atoms with Gasteiger partial charge in [0.2, 0.25) is 0 Å². The molecule has 2 saturated carbocycles. The predicted molar refractivity (Wildman–Crippen MR) is 54.8 cm³/mol. The lowest BCUT2D eigenvalue weighted by atomic mass is 9.73. The lowest BCUT2D eigenvalue weighted by molar-refractivity contribution is -0.142. The van der Waals surface area contributed by atoms with E-state index >= 15 is 0 Å². The number of rotatable bonds is 2. The summed E-state index contributed by atoms with van der Waals surface area (Å²) in [5, 5.41) is 18.5. The van der Waals surface area contributed by atoms with Crippen LogP contribution in [0.4, 0.5) is 0 Å². The molecule has 0 aromatic carbocycles. The second kappa shape index (κ2) is 3.37. The highest BCUT2D eigenvalue weighted by Gasteiger charge is 2.58. The predicted octanol–water partition coefficient (Wildman–Crippen LogP) is 2.20. The van der Waals surface area contributed by atoms with Gasteiger partial charge in [0.05, 0.1) is 17.4 Å². The first-order chi connectivity index (χ1) is 7.15. The van der Waals surface area contributed by atoms with Crippen LogP contribution < -0.4 is 0 Å². The first kappa shape index (κ1) is 10.2. The third-order valence-electron chi connectivity index (χ3n) is 4.22. The van der Waals surface area contributed by atoms with E-state index in [4.69, 9.17) is 5.11 Å². The van der Waals surface area contributed by atoms with E-state index in [2.05, 4.69) is 12.6 Å². The number of carbonyl (C=O) groups is 1. The van der Waals surface area contributed by atoms with Crippen LogP contribution in [0.25, 0.3) is 0 Å². The van der Waals surface area contributed by atoms with Gasteiger partial charge < -0.3 is 5.11 Å². The maximum Gasteiger partial charge on any atom is 0.307 e. The van der Waals surface area contributed by atoms with E-state index in [-0.39, 0.29) is 11.8 Å². The highest BCUT2D eigenvalue weighted by Crippen LogP contribution is 2.59. The maximum absolute atomic E-state index is 11.1. The lowest BCUT2D eigenvalue weighted by Gasteiger charge is -2.27. The van der Waals surface area contributed by atoms with E-state index in [1.807, 2.05) is 0 Å². The molecule has 2 aliphatic carbocycles. The smallest absolute Gasteiger partial charge is 0.307 e. The Balaban J connectivity index is 2.38. The Morgan fingerprint density at radius 3 is 2.93 bits per heavy atom. The van der Waals surface area contributed by atoms with E-state index in [1.165, 1.54) is 0 Å². The number of nitrogens with zero attached hydrogens (tertiary/aromatic N) is 1. The number of aliphatic carboxylic acids is 1. The van der Waals surface area contributed by atoms with E-state index in [1.54, 1.807) is 6.08 Å². The second-order valence-electron chi connectivity index (χ2n) is 4.68. The number of hydrogen-bond acceptors (Lipinski definition) is 2. The van der Waals surface area contributed by atoms with Crippen molar-refractivity contribution in [2.24, 2.45) is 23.2 Å². The zero-order valence-corrected chi connectivity index (χ0v) is 8.65. The van der Waals surface area contributed by atoms with Gasteiger partial charge in [-0.1, -0.05) is 12.5 Å². The van der Waals surface area contributed by atoms with Gasteiger partial charge in [0, 0.05) is 5.92 Å². The molecule has 0 aliphatic heterocycles. The van der Waals surface area contributed by atoms with Crippen LogP contribution in [0.1, 0.15) is 25.7 Å². The van der Waals surface area contributed by atoms with Gasteiger partial charge in [-0.2, -0.15) is 5.26 Å². The van der Waals surface area contributed by atoms with E-state index in [0.717, 1.165) is 19.3 Å². The Labute approximate surface area is 89.4 Å². The minimum Gasteiger partial charge on any atom is -0.481 e. The molecule has 0 heterocycles. The molecular formula is C12H15NO2. The summed E-state index contributed by atoms with van der Waals surface area (Å²) in [6.07, 6.45) is 5.23. The molecule has 3 heteroatoms. The quantitative estimate of drug-likeness (QED) is 0.703. The van der Waals surface area contributed by atoms with Crippen LogP contribution in [0.2, 0.25) is 0 Å². The molecule has 0 aromatic heterocycles. The summed E-state index contributed by atoms with van der Waals surface area (Å²) < 4.78 is 0. The Hall–Kier alpha value is -1.30. The van der Waals surface area contributed by atoms with Crippen molar-refractivity contribution < 1.29 is 9.90 Å². The van der Waals surface area contributed by atoms with E-state index < -0.39 is 17.3 Å². The molecule has 2 rings (SSSR count). The first-order valence-electron chi connectivity index (χ1n) is 5.42. The normalized spacial score (nSPS) is 43.3. The van der Waals surface area contributed by atoms with Crippen molar-refractivity contribution in [3.63, 3.8) is 0 Å². The summed E-state index contributed by atoms with van der Waals surface area (Å²) in [6, 6.07) is 2.39. The highest BCUT2D eigenvalue weighted by molar-refractivity contribution is 5.71. The van der Waals surface area contributed by atoms with Gasteiger partial charge in [-0.15, -0.1) is 6.58 Å². The van der Waals surface area contributed by atoms with Gasteiger partial charge in [0.1, 0.15) is 0 Å². The summed E-state index contributed by atoms with van der Waals surface area (Å²) >= 11 is 0. The third-order valence-corrected chi connectivity index (χ3v) is 4.22. The number of carboxylic acids is 1. The summed E-state index contributed by atoms with van der Waals surface area (Å²) in [4.78, 5) is 11.1. The summed E-state index contributed by atoms with van der Waals surface area (Å²) in [5.41, 5.74) is -0.426. The summed E-state index contributed by atoms with van der Waals surface area (Å²) in [6.45, 7) is 3.71. The van der Waals surface area contributed by atoms with Gasteiger partial charge >= 0.3 is 5.97 Å². The Morgan fingerprint density at radius 1 is 1.67 bits per heavy atom. The molecule has 0 spiro atoms. The molecule has 0 radical (unpaired) electrons. The maximum atomic E-state index is 11.1. The molecule has 4 atom stereocenters. The van der Waals surface area contributed by atoms with Crippen LogP contribution in [0.3, 0.4) is 0 Å². The highest BCUT2D eigenvalue weighted by atomic mass is 16.4. The molecule has 0 bridgehead atoms. The molecule has 0 aromatic rings. The molecule has 0 amide bonds. The fourth-order valence-electron chi connectivity index (χ4n) is 3.53. The van der Waals surface area contributed by atoms with Crippen molar-refractivity contribution in [2.45, 2.75) is 25.7 Å². The standard InChI is InChI=1S/C12H15NO2/c1-2-10-9(11(14)15)6-8-4-3-5-12(8,10)7-13/h2,8-10H,1,3-6H2,(H,14,15)/t8-,9-,10-,12+/m1/s1. The average Bonchev–Trinajstić information content (AvgIpc) is 2.71. The SMILES string of the molecule is C=C[C@@H]1[C@H](C(=O)O)C[C@H]2CCC[C@]21C#N. The fourth-order valence-corrected chi connectivity index (χ4v) is 3.53. The van der Waals surface area contributed by atoms with Gasteiger partial charge in [-0.05, 0) is 25.2 Å². The number of hydrogen-bond donors (Lipinski definition) is 1. The fraction of sp³-hybridized carbons (Fsp3) is 0.667. The second-order valence-corrected chi connectivity index (χ2v) is 4.68. The minimum atomic E-state index is -0.774. The van der Waals surface area contributed by atoms with Gasteiger partial charge in [-0.25, -0.2) is 0 Å². The minimum absolute atomic E-state index is 0.160. The number of carboxylic acid groups (broad SMARTS) is 1. The molecule has 0 unspecified atom stereocenters. The van der Waals surface area contributed by atoms with Crippen molar-refractivity contribution in [3.8, 4) is 6.07 Å². The van der Waals surface area contributed by atoms with Crippen molar-refractivity contribution in [1.82, 2.24) is 0 Å². The molecule has 2 aliphatic rings. The Bertz CT molecular complexity index is 344. The molecule has 1 N–H and O–H groups in total. The number of allylic oxidation sites excluding steroid dienone is 1. The largest absolute Gasteiger partial charge is 0.481 e. The topological polar surface area (TPSA) is 61.1 Å². The molecule has 15 heavy (non-hydrogen) atoms. The van der Waals surface area contributed by atoms with Crippen molar-refractivity contribution >= 4 is 5.97 Å². The van der Waals surface area contributed by atoms with Crippen LogP contribution in [0.5, 0.6) is 0 Å². The van der Waals surface area contributed by atoms with Crippen molar-refractivity contribution in [2.75, 3.05) is 0 Å². The zero-order chi connectivity index (χ0) is 11.1. The van der Waals surface area contributed by atoms with E-state index in [0.29, 0.717) is 6.42 Å². The van der Waals surface area contributed by atoms with Crippen LogP contribution in [0.15, 0.2) is 12.7 Å². The van der Waals surface area contributed by atoms with Crippen molar-refractivity contribution in [1.29, 1.82) is 5.26 Å². The third kappa shape index (κ3) is 1.21. The zero-order valence-electron chi connectivity index (χ0n) is 8.65. The van der Waals surface area contributed by atoms with Gasteiger partial charge in [0.25, 0.3) is 0 Å². The summed E-state index contributed by atoms with van der Waals surface area (Å²) in [5.74, 6) is -1.06. The molecule has 0 saturated heterocycles. The lowest BCUT2D eigenvalue weighted by Crippen LogP contribution is -2.29. The summed E-state index contributed by atoms with van der Waals surface area (Å²) in [7, 11) is 0. The van der Waals surface area contributed by atoms with E-state index in [9.17, 15) is 10.1 Å². The molecule has 2 fully saturated rings. The van der Waals surface area contributed by atoms with Crippen LogP contribution >= 0.6 is 0 Å². The van der Waals surface area contributed by atoms with Crippen LogP contribution in [-0.4, -0.2) is 11.1 Å². The average molecular weight is 205 g/mol. The molecule has 80 valence electrons. The Kier molecular flexibility index (Phi) is 2.30. The van der Waals surface area contributed by atoms with Gasteiger partial charge in [-0.3, -0.25) is 4.79 Å². The monoisotopic (exact) mass is 205 g/mol. The van der Waals surface area contributed by atoms with Gasteiger partial charge in [0.15, 0.2) is 0 Å². The molecular weight excluding hydrogens is 190 g/mol. The Morgan fingerprint density at radius 2 is 2.40 bits per heavy atom. The van der Waals surface area contributed by atoms with Crippen LogP contribution in [-0.2, 0) is 4.79 Å².